The van der Waals surface area contributed by atoms with E-state index in [9.17, 15) is 14.9 Å². The number of hydroxylamine groups is 2. The van der Waals surface area contributed by atoms with Crippen molar-refractivity contribution in [3.8, 4) is 0 Å². The number of rotatable bonds is 3. The number of carbonyl (C=O) groups excluding carboxylic acids is 1. The normalized spacial score (nSPS) is 21.1. The van der Waals surface area contributed by atoms with Crippen LogP contribution in [0.5, 0.6) is 0 Å². The van der Waals surface area contributed by atoms with Crippen molar-refractivity contribution in [2.24, 2.45) is 0 Å². The molecule has 0 aromatic heterocycles. The van der Waals surface area contributed by atoms with Gasteiger partial charge in [0.05, 0.1) is 4.92 Å². The molecule has 2 atom stereocenters. The maximum Gasteiger partial charge on any atom is 0.269 e. The van der Waals surface area contributed by atoms with Crippen LogP contribution in [0.25, 0.3) is 0 Å². The van der Waals surface area contributed by atoms with Gasteiger partial charge in [-0.15, -0.1) is 0 Å². The van der Waals surface area contributed by atoms with E-state index < -0.39 is 11.2 Å². The maximum atomic E-state index is 13.0. The van der Waals surface area contributed by atoms with Crippen molar-refractivity contribution in [2.45, 2.75) is 19.2 Å². The summed E-state index contributed by atoms with van der Waals surface area (Å²) in [7, 11) is 1.84. The zero-order valence-electron chi connectivity index (χ0n) is 14.0. The Kier molecular flexibility index (Phi) is 4.78. The van der Waals surface area contributed by atoms with Crippen LogP contribution in [-0.2, 0) is 4.84 Å². The van der Waals surface area contributed by atoms with Crippen molar-refractivity contribution >= 4 is 11.6 Å². The zero-order chi connectivity index (χ0) is 18.0. The molecule has 1 saturated heterocycles. The molecule has 1 fully saturated rings. The second-order valence-electron chi connectivity index (χ2n) is 6.03. The number of nitro benzene ring substituents is 1. The van der Waals surface area contributed by atoms with Crippen molar-refractivity contribution in [1.82, 2.24) is 9.96 Å². The predicted octanol–water partition coefficient (Wildman–Crippen LogP) is 3.00. The molecule has 7 nitrogen and oxygen atoms in total. The Balaban J connectivity index is 1.90. The molecule has 0 N–H and O–H groups in total. The molecule has 1 aliphatic rings. The molecule has 3 rings (SSSR count). The van der Waals surface area contributed by atoms with Gasteiger partial charge in [-0.3, -0.25) is 19.7 Å². The Morgan fingerprint density at radius 2 is 1.80 bits per heavy atom. The average molecular weight is 341 g/mol. The van der Waals surface area contributed by atoms with Crippen molar-refractivity contribution in [3.63, 3.8) is 0 Å². The van der Waals surface area contributed by atoms with Crippen LogP contribution in [0.1, 0.15) is 29.1 Å². The highest BCUT2D eigenvalue weighted by Crippen LogP contribution is 2.30. The maximum absolute atomic E-state index is 13.0. The van der Waals surface area contributed by atoms with Gasteiger partial charge in [-0.05, 0) is 19.1 Å². The fraction of sp³-hybridized carbons (Fsp3) is 0.278. The van der Waals surface area contributed by atoms with Crippen molar-refractivity contribution in [1.29, 1.82) is 0 Å². The summed E-state index contributed by atoms with van der Waals surface area (Å²) >= 11 is 0. The lowest BCUT2D eigenvalue weighted by Gasteiger charge is -2.43. The summed E-state index contributed by atoms with van der Waals surface area (Å²) in [5.74, 6) is -0.219. The van der Waals surface area contributed by atoms with E-state index in [4.69, 9.17) is 4.84 Å². The molecule has 2 aromatic rings. The predicted molar refractivity (Wildman–Crippen MR) is 91.6 cm³/mol. The molecule has 1 aliphatic heterocycles. The quantitative estimate of drug-likeness (QED) is 0.634. The molecular formula is C18H19N3O4. The van der Waals surface area contributed by atoms with Crippen LogP contribution in [0.4, 0.5) is 5.69 Å². The largest absolute Gasteiger partial charge is 0.306 e. The lowest BCUT2D eigenvalue weighted by molar-refractivity contribution is -0.384. The number of likely N-dealkylation sites (N-methyl/N-ethyl adjacent to an activating group) is 1. The molecule has 1 heterocycles. The molecule has 0 radical (unpaired) electrons. The van der Waals surface area contributed by atoms with E-state index in [1.54, 1.807) is 9.96 Å². The third kappa shape index (κ3) is 3.52. The standard InChI is InChI=1S/C18H19N3O4/c1-13-12-20(17(22)14-8-10-16(11-9-14)21(23)24)18(25-19(13)2)15-6-4-3-5-7-15/h3-11,13,18H,12H2,1-2H3/t13-,18-/m1/s1. The number of non-ortho nitro benzene ring substituents is 1. The van der Waals surface area contributed by atoms with Gasteiger partial charge in [0.15, 0.2) is 6.23 Å². The van der Waals surface area contributed by atoms with Gasteiger partial charge in [0.2, 0.25) is 0 Å². The number of carbonyl (C=O) groups is 1. The van der Waals surface area contributed by atoms with E-state index in [1.165, 1.54) is 24.3 Å². The smallest absolute Gasteiger partial charge is 0.269 e. The number of benzene rings is 2. The van der Waals surface area contributed by atoms with E-state index in [0.717, 1.165) is 5.56 Å². The Bertz CT molecular complexity index is 764. The Hall–Kier alpha value is -2.77. The highest BCUT2D eigenvalue weighted by molar-refractivity contribution is 5.94. The van der Waals surface area contributed by atoms with Gasteiger partial charge >= 0.3 is 0 Å². The summed E-state index contributed by atoms with van der Waals surface area (Å²) in [5.41, 5.74) is 1.22. The molecule has 0 saturated carbocycles. The Morgan fingerprint density at radius 3 is 2.40 bits per heavy atom. The molecule has 0 unspecified atom stereocenters. The Morgan fingerprint density at radius 1 is 1.16 bits per heavy atom. The highest BCUT2D eigenvalue weighted by Gasteiger charge is 2.35. The minimum Gasteiger partial charge on any atom is -0.306 e. The number of nitro groups is 1. The molecule has 0 bridgehead atoms. The van der Waals surface area contributed by atoms with Gasteiger partial charge in [-0.2, -0.15) is 5.06 Å². The first-order chi connectivity index (χ1) is 12.0. The molecule has 2 aromatic carbocycles. The summed E-state index contributed by atoms with van der Waals surface area (Å²) in [6.07, 6.45) is -0.537. The van der Waals surface area contributed by atoms with E-state index in [2.05, 4.69) is 0 Å². The molecule has 130 valence electrons. The summed E-state index contributed by atoms with van der Waals surface area (Å²) in [4.78, 5) is 30.9. The fourth-order valence-electron chi connectivity index (χ4n) is 2.75. The third-order valence-corrected chi connectivity index (χ3v) is 4.30. The fourth-order valence-corrected chi connectivity index (χ4v) is 2.75. The van der Waals surface area contributed by atoms with Crippen LogP contribution >= 0.6 is 0 Å². The first kappa shape index (κ1) is 17.1. The minimum atomic E-state index is -0.537. The number of hydrogen-bond acceptors (Lipinski definition) is 5. The zero-order valence-corrected chi connectivity index (χ0v) is 14.0. The van der Waals surface area contributed by atoms with Gasteiger partial charge in [0.1, 0.15) is 0 Å². The molecular weight excluding hydrogens is 322 g/mol. The summed E-state index contributed by atoms with van der Waals surface area (Å²) in [6.45, 7) is 2.46. The van der Waals surface area contributed by atoms with Gasteiger partial charge in [0.25, 0.3) is 11.6 Å². The van der Waals surface area contributed by atoms with E-state index >= 15 is 0 Å². The van der Waals surface area contributed by atoms with Crippen LogP contribution in [-0.4, -0.2) is 40.4 Å². The van der Waals surface area contributed by atoms with Crippen LogP contribution in [0.2, 0.25) is 0 Å². The summed E-state index contributed by atoms with van der Waals surface area (Å²) in [6, 6.07) is 15.2. The average Bonchev–Trinajstić information content (AvgIpc) is 2.64. The van der Waals surface area contributed by atoms with Crippen molar-refractivity contribution in [3.05, 3.63) is 75.8 Å². The highest BCUT2D eigenvalue weighted by atomic mass is 16.7. The van der Waals surface area contributed by atoms with Crippen LogP contribution in [0.3, 0.4) is 0 Å². The molecule has 25 heavy (non-hydrogen) atoms. The third-order valence-electron chi connectivity index (χ3n) is 4.30. The van der Waals surface area contributed by atoms with Crippen LogP contribution < -0.4 is 0 Å². The number of nitrogens with zero attached hydrogens (tertiary/aromatic N) is 3. The summed E-state index contributed by atoms with van der Waals surface area (Å²) in [5, 5.41) is 12.5. The van der Waals surface area contributed by atoms with E-state index in [1.807, 2.05) is 44.3 Å². The van der Waals surface area contributed by atoms with Gasteiger partial charge < -0.3 is 4.90 Å². The number of hydrogen-bond donors (Lipinski definition) is 0. The first-order valence-electron chi connectivity index (χ1n) is 7.97. The lowest BCUT2D eigenvalue weighted by Crippen LogP contribution is -2.52. The monoisotopic (exact) mass is 341 g/mol. The second kappa shape index (κ2) is 7.00. The number of amides is 1. The van der Waals surface area contributed by atoms with Gasteiger partial charge in [0, 0.05) is 42.9 Å². The van der Waals surface area contributed by atoms with Crippen molar-refractivity contribution in [2.75, 3.05) is 13.6 Å². The van der Waals surface area contributed by atoms with E-state index in [-0.39, 0.29) is 17.6 Å². The molecule has 0 aliphatic carbocycles. The Labute approximate surface area is 145 Å². The van der Waals surface area contributed by atoms with Gasteiger partial charge in [-0.25, -0.2) is 0 Å². The molecule has 1 amide bonds. The van der Waals surface area contributed by atoms with Gasteiger partial charge in [-0.1, -0.05) is 30.3 Å². The first-order valence-corrected chi connectivity index (χ1v) is 7.97. The lowest BCUT2D eigenvalue weighted by atomic mass is 10.1. The van der Waals surface area contributed by atoms with Crippen LogP contribution in [0.15, 0.2) is 54.6 Å². The van der Waals surface area contributed by atoms with Crippen molar-refractivity contribution < 1.29 is 14.6 Å². The summed E-state index contributed by atoms with van der Waals surface area (Å²) < 4.78 is 0. The molecule has 0 spiro atoms. The minimum absolute atomic E-state index is 0.0296. The molecule has 7 heteroatoms. The second-order valence-corrected chi connectivity index (χ2v) is 6.03. The van der Waals surface area contributed by atoms with Crippen LogP contribution in [0, 0.1) is 10.1 Å². The SMILES string of the molecule is C[C@@H]1CN(C(=O)c2ccc([N+](=O)[O-])cc2)[C@@H](c2ccccc2)ON1C. The van der Waals surface area contributed by atoms with E-state index in [0.29, 0.717) is 12.1 Å². The topological polar surface area (TPSA) is 75.9 Å².